The highest BCUT2D eigenvalue weighted by Gasteiger charge is 2.38. The monoisotopic (exact) mass is 174 g/mol. The van der Waals surface area contributed by atoms with E-state index in [1.807, 2.05) is 0 Å². The average molecular weight is 174 g/mol. The Labute approximate surface area is 73.7 Å². The summed E-state index contributed by atoms with van der Waals surface area (Å²) in [4.78, 5) is 11.3. The fraction of sp³-hybridized carbons (Fsp3) is 0.889. The zero-order chi connectivity index (χ0) is 9.78. The van der Waals surface area contributed by atoms with Crippen molar-refractivity contribution in [2.24, 2.45) is 5.92 Å². The van der Waals surface area contributed by atoms with E-state index in [4.69, 9.17) is 4.74 Å². The van der Waals surface area contributed by atoms with Crippen molar-refractivity contribution in [3.63, 3.8) is 0 Å². The first-order valence-corrected chi connectivity index (χ1v) is 4.38. The van der Waals surface area contributed by atoms with Gasteiger partial charge in [0.1, 0.15) is 0 Å². The zero-order valence-electron chi connectivity index (χ0n) is 8.26. The summed E-state index contributed by atoms with van der Waals surface area (Å²) in [6, 6.07) is 0. The van der Waals surface area contributed by atoms with Gasteiger partial charge in [-0.15, -0.1) is 0 Å². The van der Waals surface area contributed by atoms with E-state index in [9.17, 15) is 9.90 Å². The number of carbonyl (C=O) groups is 1. The number of rotatable bonds is 4. The third-order valence-electron chi connectivity index (χ3n) is 2.12. The van der Waals surface area contributed by atoms with Gasteiger partial charge < -0.3 is 9.84 Å². The van der Waals surface area contributed by atoms with Crippen molar-refractivity contribution in [2.45, 2.75) is 39.7 Å². The summed E-state index contributed by atoms with van der Waals surface area (Å²) in [6.07, 6.45) is 0.392. The van der Waals surface area contributed by atoms with Crippen LogP contribution < -0.4 is 0 Å². The first kappa shape index (κ1) is 11.4. The number of hydrogen-bond donors (Lipinski definition) is 1. The number of carbonyl (C=O) groups excluding carboxylic acids is 1. The second-order valence-corrected chi connectivity index (χ2v) is 3.15. The van der Waals surface area contributed by atoms with E-state index in [0.29, 0.717) is 13.0 Å². The highest BCUT2D eigenvalue weighted by molar-refractivity contribution is 5.79. The maximum atomic E-state index is 11.3. The standard InChI is InChI=1S/C9H18O3/c1-5-9(11,7(3)4)8(10)12-6-2/h7,11H,5-6H2,1-4H3/t9-/m1/s1. The molecule has 0 rings (SSSR count). The molecule has 0 aliphatic rings. The summed E-state index contributed by atoms with van der Waals surface area (Å²) < 4.78 is 4.77. The van der Waals surface area contributed by atoms with Crippen LogP contribution in [-0.4, -0.2) is 23.3 Å². The van der Waals surface area contributed by atoms with Crippen molar-refractivity contribution >= 4 is 5.97 Å². The van der Waals surface area contributed by atoms with Gasteiger partial charge in [0.25, 0.3) is 0 Å². The highest BCUT2D eigenvalue weighted by atomic mass is 16.5. The molecule has 0 aromatic heterocycles. The quantitative estimate of drug-likeness (QED) is 0.654. The molecule has 0 heterocycles. The summed E-state index contributed by atoms with van der Waals surface area (Å²) in [7, 11) is 0. The summed E-state index contributed by atoms with van der Waals surface area (Å²) >= 11 is 0. The Morgan fingerprint density at radius 1 is 1.50 bits per heavy atom. The molecule has 0 aliphatic carbocycles. The van der Waals surface area contributed by atoms with Crippen LogP contribution in [0.1, 0.15) is 34.1 Å². The van der Waals surface area contributed by atoms with Crippen LogP contribution in [0.4, 0.5) is 0 Å². The first-order chi connectivity index (χ1) is 5.49. The van der Waals surface area contributed by atoms with E-state index in [-0.39, 0.29) is 5.92 Å². The van der Waals surface area contributed by atoms with Crippen LogP contribution in [0.25, 0.3) is 0 Å². The lowest BCUT2D eigenvalue weighted by atomic mass is 9.88. The summed E-state index contributed by atoms with van der Waals surface area (Å²) in [5.74, 6) is -0.621. The summed E-state index contributed by atoms with van der Waals surface area (Å²) in [5, 5.41) is 9.82. The van der Waals surface area contributed by atoms with Crippen molar-refractivity contribution in [1.29, 1.82) is 0 Å². The van der Waals surface area contributed by atoms with Crippen LogP contribution in [0, 0.1) is 5.92 Å². The SMILES string of the molecule is CCOC(=O)[C@@](O)(CC)C(C)C. The molecule has 0 aromatic carbocycles. The van der Waals surface area contributed by atoms with Crippen molar-refractivity contribution in [1.82, 2.24) is 0 Å². The van der Waals surface area contributed by atoms with Gasteiger partial charge in [0.2, 0.25) is 0 Å². The molecule has 0 aliphatic heterocycles. The molecule has 1 atom stereocenters. The Morgan fingerprint density at radius 3 is 2.25 bits per heavy atom. The van der Waals surface area contributed by atoms with Gasteiger partial charge in [0, 0.05) is 0 Å². The Bertz CT molecular complexity index is 154. The molecule has 1 N–H and O–H groups in total. The molecule has 3 nitrogen and oxygen atoms in total. The van der Waals surface area contributed by atoms with Crippen LogP contribution in [0.2, 0.25) is 0 Å². The first-order valence-electron chi connectivity index (χ1n) is 4.38. The van der Waals surface area contributed by atoms with Crippen LogP contribution in [0.15, 0.2) is 0 Å². The number of esters is 1. The van der Waals surface area contributed by atoms with Gasteiger partial charge in [0.05, 0.1) is 6.61 Å². The van der Waals surface area contributed by atoms with Crippen molar-refractivity contribution in [2.75, 3.05) is 6.61 Å². The van der Waals surface area contributed by atoms with E-state index < -0.39 is 11.6 Å². The lowest BCUT2D eigenvalue weighted by Crippen LogP contribution is -2.44. The second kappa shape index (κ2) is 4.45. The minimum absolute atomic E-state index is 0.110. The van der Waals surface area contributed by atoms with Crippen LogP contribution in [0.5, 0.6) is 0 Å². The zero-order valence-corrected chi connectivity index (χ0v) is 8.26. The Kier molecular flexibility index (Phi) is 4.24. The van der Waals surface area contributed by atoms with E-state index in [2.05, 4.69) is 0 Å². The molecule has 3 heteroatoms. The van der Waals surface area contributed by atoms with Crippen molar-refractivity contribution in [3.05, 3.63) is 0 Å². The van der Waals surface area contributed by atoms with Crippen molar-refractivity contribution < 1.29 is 14.6 Å². The van der Waals surface area contributed by atoms with Gasteiger partial charge in [-0.1, -0.05) is 20.8 Å². The number of ether oxygens (including phenoxy) is 1. The predicted octanol–water partition coefficient (Wildman–Crippen LogP) is 1.35. The lowest BCUT2D eigenvalue weighted by Gasteiger charge is -2.27. The lowest BCUT2D eigenvalue weighted by molar-refractivity contribution is -0.170. The topological polar surface area (TPSA) is 46.5 Å². The molecule has 0 spiro atoms. The molecule has 72 valence electrons. The molecule has 0 fully saturated rings. The maximum Gasteiger partial charge on any atom is 0.338 e. The normalized spacial score (nSPS) is 15.8. The van der Waals surface area contributed by atoms with E-state index in [1.165, 1.54) is 0 Å². The van der Waals surface area contributed by atoms with E-state index in [0.717, 1.165) is 0 Å². The van der Waals surface area contributed by atoms with Crippen LogP contribution in [-0.2, 0) is 9.53 Å². The van der Waals surface area contributed by atoms with Gasteiger partial charge >= 0.3 is 5.97 Å². The third-order valence-corrected chi connectivity index (χ3v) is 2.12. The molecule has 0 saturated carbocycles. The third kappa shape index (κ3) is 2.21. The molecular weight excluding hydrogens is 156 g/mol. The van der Waals surface area contributed by atoms with Gasteiger partial charge in [-0.2, -0.15) is 0 Å². The molecular formula is C9H18O3. The van der Waals surface area contributed by atoms with Gasteiger partial charge in [-0.05, 0) is 19.3 Å². The Hall–Kier alpha value is -0.570. The molecule has 0 saturated heterocycles. The van der Waals surface area contributed by atoms with Gasteiger partial charge in [-0.3, -0.25) is 0 Å². The van der Waals surface area contributed by atoms with Crippen LogP contribution in [0.3, 0.4) is 0 Å². The van der Waals surface area contributed by atoms with Gasteiger partial charge in [-0.25, -0.2) is 4.79 Å². The van der Waals surface area contributed by atoms with E-state index in [1.54, 1.807) is 27.7 Å². The number of hydrogen-bond acceptors (Lipinski definition) is 3. The minimum Gasteiger partial charge on any atom is -0.464 e. The molecule has 0 unspecified atom stereocenters. The van der Waals surface area contributed by atoms with Crippen LogP contribution >= 0.6 is 0 Å². The molecule has 0 bridgehead atoms. The van der Waals surface area contributed by atoms with Crippen molar-refractivity contribution in [3.8, 4) is 0 Å². The van der Waals surface area contributed by atoms with Gasteiger partial charge in [0.15, 0.2) is 5.60 Å². The maximum absolute atomic E-state index is 11.3. The fourth-order valence-electron chi connectivity index (χ4n) is 1.04. The minimum atomic E-state index is -1.31. The molecule has 0 radical (unpaired) electrons. The second-order valence-electron chi connectivity index (χ2n) is 3.15. The average Bonchev–Trinajstić information content (AvgIpc) is 2.03. The summed E-state index contributed by atoms with van der Waals surface area (Å²) in [5.41, 5.74) is -1.31. The number of aliphatic hydroxyl groups is 1. The smallest absolute Gasteiger partial charge is 0.338 e. The highest BCUT2D eigenvalue weighted by Crippen LogP contribution is 2.22. The molecule has 0 aromatic rings. The molecule has 12 heavy (non-hydrogen) atoms. The van der Waals surface area contributed by atoms with E-state index >= 15 is 0 Å². The fourth-order valence-corrected chi connectivity index (χ4v) is 1.04. The predicted molar refractivity (Wildman–Crippen MR) is 46.7 cm³/mol. The summed E-state index contributed by atoms with van der Waals surface area (Å²) in [6.45, 7) is 7.43. The Morgan fingerprint density at radius 2 is 2.00 bits per heavy atom. The molecule has 0 amide bonds. The Balaban J connectivity index is 4.40. The largest absolute Gasteiger partial charge is 0.464 e.